The van der Waals surface area contributed by atoms with Crippen LogP contribution in [-0.2, 0) is 6.54 Å². The van der Waals surface area contributed by atoms with E-state index >= 15 is 0 Å². The molecule has 5 heteroatoms. The number of nitrogens with one attached hydrogen (secondary N) is 1. The average molecular weight is 284 g/mol. The smallest absolute Gasteiger partial charge is 0.0946 e. The lowest BCUT2D eigenvalue weighted by molar-refractivity contribution is 0.997. The SMILES string of the molecule is Cc1cccc(NCc2csnn2)c1Br. The van der Waals surface area contributed by atoms with E-state index in [0.29, 0.717) is 6.54 Å². The van der Waals surface area contributed by atoms with Gasteiger partial charge in [0.05, 0.1) is 12.2 Å². The second-order valence-corrected chi connectivity index (χ2v) is 4.59. The number of hydrogen-bond donors (Lipinski definition) is 1. The van der Waals surface area contributed by atoms with Gasteiger partial charge in [-0.2, -0.15) is 0 Å². The Morgan fingerprint density at radius 1 is 1.47 bits per heavy atom. The standard InChI is InChI=1S/C10H10BrN3S/c1-7-3-2-4-9(10(7)11)12-5-8-6-15-14-13-8/h2-4,6,12H,5H2,1H3. The van der Waals surface area contributed by atoms with E-state index in [-0.39, 0.29) is 0 Å². The number of nitrogens with zero attached hydrogens (tertiary/aromatic N) is 2. The molecular weight excluding hydrogens is 274 g/mol. The Labute approximate surface area is 101 Å². The van der Waals surface area contributed by atoms with Crippen LogP contribution in [0.15, 0.2) is 28.1 Å². The Hall–Kier alpha value is -0.940. The van der Waals surface area contributed by atoms with Crippen LogP contribution in [0.2, 0.25) is 0 Å². The van der Waals surface area contributed by atoms with E-state index in [9.17, 15) is 0 Å². The summed E-state index contributed by atoms with van der Waals surface area (Å²) in [4.78, 5) is 0. The van der Waals surface area contributed by atoms with E-state index in [2.05, 4.69) is 43.8 Å². The maximum absolute atomic E-state index is 3.97. The first-order valence-corrected chi connectivity index (χ1v) is 6.15. The molecule has 0 fully saturated rings. The van der Waals surface area contributed by atoms with Crippen LogP contribution in [0.1, 0.15) is 11.3 Å². The molecule has 1 aromatic heterocycles. The highest BCUT2D eigenvalue weighted by Crippen LogP contribution is 2.25. The molecule has 0 saturated heterocycles. The maximum atomic E-state index is 3.97. The van der Waals surface area contributed by atoms with Crippen molar-refractivity contribution in [1.29, 1.82) is 0 Å². The predicted molar refractivity (Wildman–Crippen MR) is 66.1 cm³/mol. The summed E-state index contributed by atoms with van der Waals surface area (Å²) in [6.07, 6.45) is 0. The minimum Gasteiger partial charge on any atom is -0.378 e. The molecule has 0 atom stereocenters. The number of benzene rings is 1. The summed E-state index contributed by atoms with van der Waals surface area (Å²) in [5, 5.41) is 9.23. The highest BCUT2D eigenvalue weighted by molar-refractivity contribution is 9.10. The topological polar surface area (TPSA) is 37.8 Å². The van der Waals surface area contributed by atoms with Gasteiger partial charge in [-0.1, -0.05) is 16.6 Å². The lowest BCUT2D eigenvalue weighted by atomic mass is 10.2. The van der Waals surface area contributed by atoms with Gasteiger partial charge in [-0.3, -0.25) is 0 Å². The quantitative estimate of drug-likeness (QED) is 0.940. The molecule has 78 valence electrons. The summed E-state index contributed by atoms with van der Waals surface area (Å²) in [6, 6.07) is 6.14. The van der Waals surface area contributed by atoms with E-state index in [4.69, 9.17) is 0 Å². The molecule has 0 amide bonds. The fraction of sp³-hybridized carbons (Fsp3) is 0.200. The molecule has 0 spiro atoms. The maximum Gasteiger partial charge on any atom is 0.0946 e. The van der Waals surface area contributed by atoms with Gasteiger partial charge in [-0.05, 0) is 46.0 Å². The van der Waals surface area contributed by atoms with Crippen molar-refractivity contribution in [1.82, 2.24) is 9.59 Å². The fourth-order valence-electron chi connectivity index (χ4n) is 1.23. The van der Waals surface area contributed by atoms with Gasteiger partial charge in [0, 0.05) is 15.5 Å². The van der Waals surface area contributed by atoms with Gasteiger partial charge in [0.2, 0.25) is 0 Å². The summed E-state index contributed by atoms with van der Waals surface area (Å²) < 4.78 is 4.92. The van der Waals surface area contributed by atoms with Crippen molar-refractivity contribution >= 4 is 33.1 Å². The molecule has 0 bridgehead atoms. The van der Waals surface area contributed by atoms with Crippen LogP contribution in [0, 0.1) is 6.92 Å². The normalized spacial score (nSPS) is 10.3. The average Bonchev–Trinajstić information content (AvgIpc) is 2.73. The lowest BCUT2D eigenvalue weighted by Gasteiger charge is -2.08. The van der Waals surface area contributed by atoms with Crippen molar-refractivity contribution in [2.24, 2.45) is 0 Å². The van der Waals surface area contributed by atoms with E-state index in [1.165, 1.54) is 17.1 Å². The third-order valence-corrected chi connectivity index (χ3v) is 3.66. The van der Waals surface area contributed by atoms with Crippen LogP contribution >= 0.6 is 27.5 Å². The third-order valence-electron chi connectivity index (χ3n) is 2.06. The monoisotopic (exact) mass is 283 g/mol. The molecule has 1 aromatic carbocycles. The Morgan fingerprint density at radius 3 is 3.07 bits per heavy atom. The number of rotatable bonds is 3. The molecule has 2 rings (SSSR count). The summed E-state index contributed by atoms with van der Waals surface area (Å²) in [7, 11) is 0. The second-order valence-electron chi connectivity index (χ2n) is 3.19. The van der Waals surface area contributed by atoms with Crippen molar-refractivity contribution in [2.75, 3.05) is 5.32 Å². The molecule has 2 aromatic rings. The zero-order valence-corrected chi connectivity index (χ0v) is 10.6. The molecular formula is C10H10BrN3S. The third kappa shape index (κ3) is 2.54. The molecule has 0 aliphatic rings. The van der Waals surface area contributed by atoms with Crippen LogP contribution in [0.5, 0.6) is 0 Å². The first kappa shape index (κ1) is 10.6. The lowest BCUT2D eigenvalue weighted by Crippen LogP contribution is -2.00. The predicted octanol–water partition coefficient (Wildman–Crippen LogP) is 3.22. The number of aryl methyl sites for hydroxylation is 1. The van der Waals surface area contributed by atoms with Crippen LogP contribution in [0.4, 0.5) is 5.69 Å². The fourth-order valence-corrected chi connectivity index (χ4v) is 2.09. The van der Waals surface area contributed by atoms with Crippen molar-refractivity contribution in [3.05, 3.63) is 39.3 Å². The Bertz CT molecular complexity index is 442. The van der Waals surface area contributed by atoms with Gasteiger partial charge >= 0.3 is 0 Å². The zero-order valence-electron chi connectivity index (χ0n) is 8.20. The molecule has 1 heterocycles. The van der Waals surface area contributed by atoms with Crippen molar-refractivity contribution in [2.45, 2.75) is 13.5 Å². The molecule has 0 saturated carbocycles. The molecule has 0 unspecified atom stereocenters. The molecule has 15 heavy (non-hydrogen) atoms. The Balaban J connectivity index is 2.08. The second kappa shape index (κ2) is 4.72. The number of halogens is 1. The van der Waals surface area contributed by atoms with Crippen LogP contribution in [0.3, 0.4) is 0 Å². The van der Waals surface area contributed by atoms with Gasteiger partial charge in [0.25, 0.3) is 0 Å². The van der Waals surface area contributed by atoms with E-state index in [0.717, 1.165) is 15.9 Å². The first-order chi connectivity index (χ1) is 7.27. The molecule has 0 aliphatic carbocycles. The Morgan fingerprint density at radius 2 is 2.33 bits per heavy atom. The zero-order chi connectivity index (χ0) is 10.7. The van der Waals surface area contributed by atoms with Crippen molar-refractivity contribution in [3.8, 4) is 0 Å². The van der Waals surface area contributed by atoms with Gasteiger partial charge < -0.3 is 5.32 Å². The highest BCUT2D eigenvalue weighted by Gasteiger charge is 2.02. The van der Waals surface area contributed by atoms with Crippen LogP contribution in [0.25, 0.3) is 0 Å². The van der Waals surface area contributed by atoms with E-state index in [1.54, 1.807) is 0 Å². The van der Waals surface area contributed by atoms with Crippen LogP contribution < -0.4 is 5.32 Å². The highest BCUT2D eigenvalue weighted by atomic mass is 79.9. The molecule has 0 radical (unpaired) electrons. The summed E-state index contributed by atoms with van der Waals surface area (Å²) in [5.74, 6) is 0. The van der Waals surface area contributed by atoms with E-state index < -0.39 is 0 Å². The minimum atomic E-state index is 0.707. The minimum absolute atomic E-state index is 0.707. The number of anilines is 1. The van der Waals surface area contributed by atoms with Crippen LogP contribution in [-0.4, -0.2) is 9.59 Å². The molecule has 1 N–H and O–H groups in total. The number of hydrogen-bond acceptors (Lipinski definition) is 4. The van der Waals surface area contributed by atoms with Gasteiger partial charge in [0.1, 0.15) is 0 Å². The largest absolute Gasteiger partial charge is 0.378 e. The summed E-state index contributed by atoms with van der Waals surface area (Å²) >= 11 is 4.92. The van der Waals surface area contributed by atoms with Crippen molar-refractivity contribution in [3.63, 3.8) is 0 Å². The summed E-state index contributed by atoms with van der Waals surface area (Å²) in [5.41, 5.74) is 3.27. The van der Waals surface area contributed by atoms with Gasteiger partial charge in [-0.25, -0.2) is 0 Å². The van der Waals surface area contributed by atoms with Gasteiger partial charge in [0.15, 0.2) is 0 Å². The van der Waals surface area contributed by atoms with Gasteiger partial charge in [-0.15, -0.1) is 5.10 Å². The first-order valence-electron chi connectivity index (χ1n) is 4.52. The summed E-state index contributed by atoms with van der Waals surface area (Å²) in [6.45, 7) is 2.78. The van der Waals surface area contributed by atoms with Crippen molar-refractivity contribution < 1.29 is 0 Å². The van der Waals surface area contributed by atoms with E-state index in [1.807, 2.05) is 17.5 Å². The molecule has 3 nitrogen and oxygen atoms in total. The number of aromatic nitrogens is 2. The Kier molecular flexibility index (Phi) is 3.33. The molecule has 0 aliphatic heterocycles.